The van der Waals surface area contributed by atoms with E-state index in [0.717, 1.165) is 18.4 Å². The third kappa shape index (κ3) is 4.05. The summed E-state index contributed by atoms with van der Waals surface area (Å²) in [5.74, 6) is 0.0144. The molecule has 9 nitrogen and oxygen atoms in total. The van der Waals surface area contributed by atoms with Crippen LogP contribution in [0.1, 0.15) is 28.4 Å². The minimum atomic E-state index is -0.958. The molecule has 29 heavy (non-hydrogen) atoms. The maximum Gasteiger partial charge on any atom is 0.491 e. The zero-order chi connectivity index (χ0) is 20.4. The van der Waals surface area contributed by atoms with Crippen molar-refractivity contribution in [3.63, 3.8) is 0 Å². The summed E-state index contributed by atoms with van der Waals surface area (Å²) in [4.78, 5) is 16.0. The van der Waals surface area contributed by atoms with E-state index in [0.29, 0.717) is 43.3 Å². The number of hydrogen-bond donors (Lipinski definition) is 3. The first-order valence-corrected chi connectivity index (χ1v) is 9.65. The number of benzene rings is 1. The van der Waals surface area contributed by atoms with E-state index < -0.39 is 13.0 Å². The Kier molecular flexibility index (Phi) is 5.66. The SMILES string of the molecule is C=NC[C@H]1CCOC[C@@H]1n1cc(C(N)=O)c(Nc2ccc3c(c2)B(O)OCC3)n1. The number of primary amides is 1. The molecule has 1 aromatic heterocycles. The Morgan fingerprint density at radius 3 is 3.14 bits per heavy atom. The zero-order valence-electron chi connectivity index (χ0n) is 16.1. The molecule has 2 aromatic rings. The van der Waals surface area contributed by atoms with Crippen molar-refractivity contribution in [3.8, 4) is 0 Å². The van der Waals surface area contributed by atoms with Gasteiger partial charge in [-0.3, -0.25) is 9.48 Å². The first-order chi connectivity index (χ1) is 14.1. The van der Waals surface area contributed by atoms with Gasteiger partial charge in [-0.1, -0.05) is 6.07 Å². The molecule has 3 heterocycles. The number of fused-ring (bicyclic) bond motifs is 1. The van der Waals surface area contributed by atoms with E-state index in [1.807, 2.05) is 12.1 Å². The second-order valence-electron chi connectivity index (χ2n) is 7.34. The van der Waals surface area contributed by atoms with Crippen molar-refractivity contribution < 1.29 is 19.2 Å². The van der Waals surface area contributed by atoms with Gasteiger partial charge in [0, 0.05) is 37.6 Å². The monoisotopic (exact) mass is 397 g/mol. The summed E-state index contributed by atoms with van der Waals surface area (Å²) < 4.78 is 12.6. The molecule has 1 aromatic carbocycles. The molecular weight excluding hydrogens is 373 g/mol. The Morgan fingerprint density at radius 2 is 2.34 bits per heavy atom. The number of aromatic nitrogens is 2. The molecule has 10 heteroatoms. The van der Waals surface area contributed by atoms with Gasteiger partial charge in [0.25, 0.3) is 5.91 Å². The van der Waals surface area contributed by atoms with Crippen molar-refractivity contribution >= 4 is 36.7 Å². The Hall–Kier alpha value is -2.69. The van der Waals surface area contributed by atoms with Crippen molar-refractivity contribution in [2.45, 2.75) is 18.9 Å². The number of carbonyl (C=O) groups excluding carboxylic acids is 1. The predicted molar refractivity (Wildman–Crippen MR) is 110 cm³/mol. The van der Waals surface area contributed by atoms with Crippen LogP contribution in [0.5, 0.6) is 0 Å². The van der Waals surface area contributed by atoms with E-state index in [-0.39, 0.29) is 17.5 Å². The van der Waals surface area contributed by atoms with Crippen LogP contribution in [0.2, 0.25) is 0 Å². The molecule has 4 N–H and O–H groups in total. The van der Waals surface area contributed by atoms with Gasteiger partial charge in [0.05, 0.1) is 12.6 Å². The first kappa shape index (κ1) is 19.6. The van der Waals surface area contributed by atoms with E-state index in [2.05, 4.69) is 22.1 Å². The Labute approximate surface area is 169 Å². The lowest BCUT2D eigenvalue weighted by Crippen LogP contribution is -2.41. The molecule has 1 saturated heterocycles. The number of hydrogen-bond acceptors (Lipinski definition) is 7. The lowest BCUT2D eigenvalue weighted by atomic mass is 9.73. The van der Waals surface area contributed by atoms with Gasteiger partial charge in [-0.2, -0.15) is 5.10 Å². The molecule has 0 bridgehead atoms. The maximum atomic E-state index is 12.0. The van der Waals surface area contributed by atoms with Gasteiger partial charge in [0.2, 0.25) is 0 Å². The standard InChI is InChI=1S/C19H24BN5O4/c1-22-9-13-4-6-28-11-17(13)25-10-15(18(21)26)19(24-25)23-14-3-2-12-5-7-29-20(27)16(12)8-14/h2-3,8,10,13,17,27H,1,4-7,9,11H2,(H2,21,26)(H,23,24)/t13-,17+/m1/s1. The van der Waals surface area contributed by atoms with Crippen molar-refractivity contribution in [1.82, 2.24) is 9.78 Å². The highest BCUT2D eigenvalue weighted by Gasteiger charge is 2.30. The number of nitrogens with one attached hydrogen (secondary N) is 1. The molecule has 0 radical (unpaired) electrons. The van der Waals surface area contributed by atoms with Crippen molar-refractivity contribution in [2.75, 3.05) is 31.7 Å². The number of aliphatic imine (C=N–C) groups is 1. The summed E-state index contributed by atoms with van der Waals surface area (Å²) in [5.41, 5.74) is 8.30. The summed E-state index contributed by atoms with van der Waals surface area (Å²) in [5, 5.41) is 17.8. The third-order valence-electron chi connectivity index (χ3n) is 5.49. The lowest BCUT2D eigenvalue weighted by molar-refractivity contribution is 0.0209. The second-order valence-corrected chi connectivity index (χ2v) is 7.34. The number of carbonyl (C=O) groups is 1. The van der Waals surface area contributed by atoms with Gasteiger partial charge in [-0.15, -0.1) is 0 Å². The van der Waals surface area contributed by atoms with Crippen LogP contribution < -0.4 is 16.5 Å². The smallest absolute Gasteiger partial charge is 0.423 e. The van der Waals surface area contributed by atoms with Crippen LogP contribution >= 0.6 is 0 Å². The molecule has 0 spiro atoms. The molecule has 4 rings (SSSR count). The van der Waals surface area contributed by atoms with E-state index >= 15 is 0 Å². The maximum absolute atomic E-state index is 12.0. The average Bonchev–Trinajstić information content (AvgIpc) is 3.13. The number of nitrogens with two attached hydrogens (primary N) is 1. The van der Waals surface area contributed by atoms with Gasteiger partial charge in [0.1, 0.15) is 5.56 Å². The van der Waals surface area contributed by atoms with Crippen LogP contribution in [0.4, 0.5) is 11.5 Å². The summed E-state index contributed by atoms with van der Waals surface area (Å²) in [6.45, 7) is 5.84. The van der Waals surface area contributed by atoms with Crippen LogP contribution in [0, 0.1) is 5.92 Å². The van der Waals surface area contributed by atoms with Gasteiger partial charge in [0.15, 0.2) is 5.82 Å². The van der Waals surface area contributed by atoms with Crippen LogP contribution in [-0.4, -0.2) is 60.9 Å². The van der Waals surface area contributed by atoms with Gasteiger partial charge < -0.3 is 30.5 Å². The number of anilines is 2. The lowest BCUT2D eigenvalue weighted by Gasteiger charge is -2.30. The highest BCUT2D eigenvalue weighted by Crippen LogP contribution is 2.29. The fraction of sp³-hybridized carbons (Fsp3) is 0.421. The van der Waals surface area contributed by atoms with Crippen LogP contribution in [-0.2, 0) is 15.8 Å². The first-order valence-electron chi connectivity index (χ1n) is 9.65. The quantitative estimate of drug-likeness (QED) is 0.475. The van der Waals surface area contributed by atoms with E-state index in [1.165, 1.54) is 0 Å². The number of rotatable bonds is 6. The Balaban J connectivity index is 1.63. The van der Waals surface area contributed by atoms with Crippen molar-refractivity contribution in [3.05, 3.63) is 35.5 Å². The Morgan fingerprint density at radius 1 is 1.48 bits per heavy atom. The van der Waals surface area contributed by atoms with Gasteiger partial charge in [-0.25, -0.2) is 0 Å². The molecule has 0 saturated carbocycles. The highest BCUT2D eigenvalue weighted by atomic mass is 16.5. The summed E-state index contributed by atoms with van der Waals surface area (Å²) >= 11 is 0. The molecule has 2 aliphatic heterocycles. The highest BCUT2D eigenvalue weighted by molar-refractivity contribution is 6.61. The average molecular weight is 397 g/mol. The van der Waals surface area contributed by atoms with Crippen molar-refractivity contribution in [2.24, 2.45) is 16.6 Å². The summed E-state index contributed by atoms with van der Waals surface area (Å²) in [7, 11) is -0.958. The number of ether oxygens (including phenoxy) is 1. The van der Waals surface area contributed by atoms with Gasteiger partial charge >= 0.3 is 7.12 Å². The minimum Gasteiger partial charge on any atom is -0.423 e. The fourth-order valence-electron chi connectivity index (χ4n) is 3.91. The van der Waals surface area contributed by atoms with Gasteiger partial charge in [-0.05, 0) is 42.7 Å². The van der Waals surface area contributed by atoms with Crippen molar-refractivity contribution in [1.29, 1.82) is 0 Å². The summed E-state index contributed by atoms with van der Waals surface area (Å²) in [6, 6.07) is 5.57. The van der Waals surface area contributed by atoms with Crippen LogP contribution in [0.3, 0.4) is 0 Å². The Bertz CT molecular complexity index is 918. The predicted octanol–water partition coefficient (Wildman–Crippen LogP) is 0.264. The molecule has 0 unspecified atom stereocenters. The fourth-order valence-corrected chi connectivity index (χ4v) is 3.91. The van der Waals surface area contributed by atoms with E-state index in [4.69, 9.17) is 15.1 Å². The van der Waals surface area contributed by atoms with E-state index in [1.54, 1.807) is 16.9 Å². The molecule has 2 atom stereocenters. The number of nitrogens with zero attached hydrogens (tertiary/aromatic N) is 3. The van der Waals surface area contributed by atoms with Crippen LogP contribution in [0.25, 0.3) is 0 Å². The molecule has 1 amide bonds. The minimum absolute atomic E-state index is 0.0540. The van der Waals surface area contributed by atoms with E-state index in [9.17, 15) is 9.82 Å². The molecule has 1 fully saturated rings. The second kappa shape index (κ2) is 8.36. The number of amides is 1. The zero-order valence-corrected chi connectivity index (χ0v) is 16.1. The molecule has 2 aliphatic rings. The third-order valence-corrected chi connectivity index (χ3v) is 5.49. The topological polar surface area (TPSA) is 124 Å². The van der Waals surface area contributed by atoms with Crippen LogP contribution in [0.15, 0.2) is 29.4 Å². The normalized spacial score (nSPS) is 21.5. The largest absolute Gasteiger partial charge is 0.491 e. The molecule has 0 aliphatic carbocycles. The molecule has 152 valence electrons. The summed E-state index contributed by atoms with van der Waals surface area (Å²) in [6.07, 6.45) is 3.24. The molecular formula is C19H24BN5O4.